The molecule has 0 saturated heterocycles. The minimum atomic E-state index is -3.36. The SMILES string of the molecule is CS(=O)(=O)Nc1ccc(-c2cnc(N)c(C(=O)Nc3ccccc3)n2)cc1. The van der Waals surface area contributed by atoms with Gasteiger partial charge in [0.15, 0.2) is 11.5 Å². The normalized spacial score (nSPS) is 11.0. The molecule has 0 aliphatic rings. The number of amides is 1. The van der Waals surface area contributed by atoms with Crippen molar-refractivity contribution in [3.05, 3.63) is 66.5 Å². The van der Waals surface area contributed by atoms with Crippen LogP contribution >= 0.6 is 0 Å². The summed E-state index contributed by atoms with van der Waals surface area (Å²) in [5.41, 5.74) is 7.95. The number of benzene rings is 2. The molecule has 0 radical (unpaired) electrons. The van der Waals surface area contributed by atoms with E-state index in [0.717, 1.165) is 6.26 Å². The average molecular weight is 383 g/mol. The minimum absolute atomic E-state index is 0.00897. The molecule has 0 bridgehead atoms. The molecule has 0 spiro atoms. The summed E-state index contributed by atoms with van der Waals surface area (Å²) in [4.78, 5) is 20.8. The largest absolute Gasteiger partial charge is 0.382 e. The number of para-hydroxylation sites is 1. The highest BCUT2D eigenvalue weighted by atomic mass is 32.2. The smallest absolute Gasteiger partial charge is 0.278 e. The van der Waals surface area contributed by atoms with Gasteiger partial charge < -0.3 is 11.1 Å². The Kier molecular flexibility index (Phi) is 5.04. The van der Waals surface area contributed by atoms with Crippen molar-refractivity contribution in [1.29, 1.82) is 0 Å². The van der Waals surface area contributed by atoms with Crippen molar-refractivity contribution >= 4 is 33.1 Å². The summed E-state index contributed by atoms with van der Waals surface area (Å²) in [5, 5.41) is 2.71. The number of sulfonamides is 1. The molecule has 1 heterocycles. The molecule has 0 aliphatic heterocycles. The van der Waals surface area contributed by atoms with Crippen molar-refractivity contribution < 1.29 is 13.2 Å². The zero-order valence-electron chi connectivity index (χ0n) is 14.4. The monoisotopic (exact) mass is 383 g/mol. The Morgan fingerprint density at radius 2 is 1.67 bits per heavy atom. The van der Waals surface area contributed by atoms with Crippen molar-refractivity contribution in [3.8, 4) is 11.3 Å². The summed E-state index contributed by atoms with van der Waals surface area (Å²) in [6.07, 6.45) is 2.53. The van der Waals surface area contributed by atoms with Crippen LogP contribution in [0.4, 0.5) is 17.2 Å². The van der Waals surface area contributed by atoms with Gasteiger partial charge in [0.2, 0.25) is 10.0 Å². The second-order valence-corrected chi connectivity index (χ2v) is 7.51. The topological polar surface area (TPSA) is 127 Å². The number of hydrogen-bond donors (Lipinski definition) is 3. The van der Waals surface area contributed by atoms with Crippen LogP contribution in [0, 0.1) is 0 Å². The zero-order valence-corrected chi connectivity index (χ0v) is 15.2. The third-order valence-electron chi connectivity index (χ3n) is 3.53. The van der Waals surface area contributed by atoms with Gasteiger partial charge in [0.1, 0.15) is 0 Å². The van der Waals surface area contributed by atoms with Gasteiger partial charge in [0.25, 0.3) is 5.91 Å². The second-order valence-electron chi connectivity index (χ2n) is 5.76. The fraction of sp³-hybridized carbons (Fsp3) is 0.0556. The van der Waals surface area contributed by atoms with Crippen LogP contribution in [0.15, 0.2) is 60.8 Å². The fourth-order valence-electron chi connectivity index (χ4n) is 2.34. The molecule has 0 atom stereocenters. The summed E-state index contributed by atoms with van der Waals surface area (Å²) in [7, 11) is -3.36. The molecule has 0 fully saturated rings. The Labute approximate surface area is 156 Å². The number of nitrogens with zero attached hydrogens (tertiary/aromatic N) is 2. The Bertz CT molecular complexity index is 1070. The van der Waals surface area contributed by atoms with Crippen LogP contribution in [0.2, 0.25) is 0 Å². The van der Waals surface area contributed by atoms with Crippen LogP contribution in [0.1, 0.15) is 10.5 Å². The van der Waals surface area contributed by atoms with Gasteiger partial charge in [-0.15, -0.1) is 0 Å². The highest BCUT2D eigenvalue weighted by Gasteiger charge is 2.15. The quantitative estimate of drug-likeness (QED) is 0.621. The van der Waals surface area contributed by atoms with Gasteiger partial charge in [0, 0.05) is 16.9 Å². The minimum Gasteiger partial charge on any atom is -0.382 e. The molecule has 2 aromatic carbocycles. The van der Waals surface area contributed by atoms with Gasteiger partial charge in [-0.3, -0.25) is 9.52 Å². The van der Waals surface area contributed by atoms with Crippen LogP contribution < -0.4 is 15.8 Å². The first-order chi connectivity index (χ1) is 12.8. The Hall–Kier alpha value is -3.46. The van der Waals surface area contributed by atoms with E-state index in [0.29, 0.717) is 22.6 Å². The van der Waals surface area contributed by atoms with E-state index in [1.54, 1.807) is 48.5 Å². The highest BCUT2D eigenvalue weighted by molar-refractivity contribution is 7.92. The lowest BCUT2D eigenvalue weighted by atomic mass is 10.1. The number of hydrogen-bond acceptors (Lipinski definition) is 6. The van der Waals surface area contributed by atoms with E-state index < -0.39 is 15.9 Å². The molecular weight excluding hydrogens is 366 g/mol. The zero-order chi connectivity index (χ0) is 19.4. The number of aromatic nitrogens is 2. The molecular formula is C18H17N5O3S. The molecule has 1 aromatic heterocycles. The number of nitrogens with two attached hydrogens (primary N) is 1. The second kappa shape index (κ2) is 7.42. The van der Waals surface area contributed by atoms with Gasteiger partial charge in [-0.1, -0.05) is 30.3 Å². The standard InChI is InChI=1S/C18H17N5O3S/c1-27(25,26)23-14-9-7-12(8-10-14)15-11-20-17(19)16(22-15)18(24)21-13-5-3-2-4-6-13/h2-11,23H,1H3,(H2,19,20)(H,21,24). The number of carbonyl (C=O) groups excluding carboxylic acids is 1. The maximum atomic E-state index is 12.5. The number of nitrogens with one attached hydrogen (secondary N) is 2. The first-order valence-electron chi connectivity index (χ1n) is 7.89. The summed E-state index contributed by atoms with van der Waals surface area (Å²) >= 11 is 0. The summed E-state index contributed by atoms with van der Waals surface area (Å²) in [6.45, 7) is 0. The van der Waals surface area contributed by atoms with E-state index in [9.17, 15) is 13.2 Å². The van der Waals surface area contributed by atoms with Crippen molar-refractivity contribution in [3.63, 3.8) is 0 Å². The predicted molar refractivity (Wildman–Crippen MR) is 105 cm³/mol. The molecule has 27 heavy (non-hydrogen) atoms. The summed E-state index contributed by atoms with van der Waals surface area (Å²) in [5.74, 6) is -0.453. The lowest BCUT2D eigenvalue weighted by molar-refractivity contribution is 0.102. The van der Waals surface area contributed by atoms with Crippen molar-refractivity contribution in [1.82, 2.24) is 9.97 Å². The molecule has 0 saturated carbocycles. The van der Waals surface area contributed by atoms with Gasteiger partial charge >= 0.3 is 0 Å². The third-order valence-corrected chi connectivity index (χ3v) is 4.14. The van der Waals surface area contributed by atoms with Gasteiger partial charge in [-0.2, -0.15) is 0 Å². The molecule has 9 heteroatoms. The number of carbonyl (C=O) groups is 1. The van der Waals surface area contributed by atoms with Gasteiger partial charge in [0.05, 0.1) is 18.1 Å². The number of nitrogen functional groups attached to an aromatic ring is 1. The molecule has 4 N–H and O–H groups in total. The Morgan fingerprint density at radius 3 is 2.30 bits per heavy atom. The van der Waals surface area contributed by atoms with Gasteiger partial charge in [-0.25, -0.2) is 18.4 Å². The van der Waals surface area contributed by atoms with Crippen LogP contribution in [0.3, 0.4) is 0 Å². The van der Waals surface area contributed by atoms with Crippen LogP contribution in [0.25, 0.3) is 11.3 Å². The highest BCUT2D eigenvalue weighted by Crippen LogP contribution is 2.21. The molecule has 3 rings (SSSR count). The number of anilines is 3. The first kappa shape index (κ1) is 18.3. The molecule has 138 valence electrons. The summed E-state index contributed by atoms with van der Waals surface area (Å²) in [6, 6.07) is 15.5. The van der Waals surface area contributed by atoms with Gasteiger partial charge in [-0.05, 0) is 24.3 Å². The maximum absolute atomic E-state index is 12.5. The lowest BCUT2D eigenvalue weighted by Crippen LogP contribution is -2.17. The first-order valence-corrected chi connectivity index (χ1v) is 9.78. The molecule has 3 aromatic rings. The molecule has 0 unspecified atom stereocenters. The van der Waals surface area contributed by atoms with E-state index in [1.165, 1.54) is 6.20 Å². The predicted octanol–water partition coefficient (Wildman–Crippen LogP) is 2.35. The average Bonchev–Trinajstić information content (AvgIpc) is 2.62. The third kappa shape index (κ3) is 4.79. The van der Waals surface area contributed by atoms with Crippen LogP contribution in [-0.2, 0) is 10.0 Å². The van der Waals surface area contributed by atoms with Crippen molar-refractivity contribution in [2.45, 2.75) is 0 Å². The molecule has 0 aliphatic carbocycles. The lowest BCUT2D eigenvalue weighted by Gasteiger charge is -2.09. The number of rotatable bonds is 5. The molecule has 1 amide bonds. The van der Waals surface area contributed by atoms with Crippen LogP contribution in [0.5, 0.6) is 0 Å². The fourth-order valence-corrected chi connectivity index (χ4v) is 2.90. The molecule has 8 nitrogen and oxygen atoms in total. The van der Waals surface area contributed by atoms with Crippen molar-refractivity contribution in [2.75, 3.05) is 22.0 Å². The Morgan fingerprint density at radius 1 is 1.00 bits per heavy atom. The van der Waals surface area contributed by atoms with Crippen molar-refractivity contribution in [2.24, 2.45) is 0 Å². The van der Waals surface area contributed by atoms with Crippen LogP contribution in [-0.4, -0.2) is 30.5 Å². The maximum Gasteiger partial charge on any atom is 0.278 e. The van der Waals surface area contributed by atoms with E-state index in [1.807, 2.05) is 6.07 Å². The van der Waals surface area contributed by atoms with E-state index in [4.69, 9.17) is 5.73 Å². The summed E-state index contributed by atoms with van der Waals surface area (Å²) < 4.78 is 24.9. The van der Waals surface area contributed by atoms with E-state index in [2.05, 4.69) is 20.0 Å². The Balaban J connectivity index is 1.85. The van der Waals surface area contributed by atoms with E-state index >= 15 is 0 Å². The van der Waals surface area contributed by atoms with E-state index in [-0.39, 0.29) is 11.5 Å².